The van der Waals surface area contributed by atoms with Crippen molar-refractivity contribution in [3.05, 3.63) is 41.7 Å². The molecule has 6 nitrogen and oxygen atoms in total. The lowest BCUT2D eigenvalue weighted by molar-refractivity contribution is 0.241. The van der Waals surface area contributed by atoms with Crippen LogP contribution >= 0.6 is 0 Å². The van der Waals surface area contributed by atoms with Crippen molar-refractivity contribution < 1.29 is 0 Å². The topological polar surface area (TPSA) is 58.0 Å². The number of aromatic nitrogens is 4. The summed E-state index contributed by atoms with van der Waals surface area (Å²) in [5, 5.41) is 0. The SMILES string of the molecule is Cc1cncc(C2CCCN2Cc2ccnc(N3CCCC3)n2)n1. The van der Waals surface area contributed by atoms with Crippen LogP contribution in [0.3, 0.4) is 0 Å². The van der Waals surface area contributed by atoms with Crippen LogP contribution in [0.4, 0.5) is 5.95 Å². The van der Waals surface area contributed by atoms with Crippen LogP contribution in [0, 0.1) is 6.92 Å². The molecular weight excluding hydrogens is 300 g/mol. The van der Waals surface area contributed by atoms with Gasteiger partial charge in [-0.05, 0) is 45.2 Å². The van der Waals surface area contributed by atoms with Crippen LogP contribution in [0.1, 0.15) is 48.8 Å². The van der Waals surface area contributed by atoms with Crippen molar-refractivity contribution in [2.24, 2.45) is 0 Å². The first-order valence-electron chi connectivity index (χ1n) is 8.89. The fourth-order valence-corrected chi connectivity index (χ4v) is 3.74. The highest BCUT2D eigenvalue weighted by atomic mass is 15.3. The highest BCUT2D eigenvalue weighted by Crippen LogP contribution is 2.31. The molecule has 2 aliphatic rings. The van der Waals surface area contributed by atoms with Crippen molar-refractivity contribution in [2.75, 3.05) is 24.5 Å². The number of nitrogens with zero attached hydrogens (tertiary/aromatic N) is 6. The first kappa shape index (κ1) is 15.4. The maximum Gasteiger partial charge on any atom is 0.225 e. The molecule has 0 aliphatic carbocycles. The number of rotatable bonds is 4. The van der Waals surface area contributed by atoms with Crippen LogP contribution < -0.4 is 4.90 Å². The fraction of sp³-hybridized carbons (Fsp3) is 0.556. The first-order valence-corrected chi connectivity index (χ1v) is 8.89. The molecule has 0 saturated carbocycles. The molecule has 0 radical (unpaired) electrons. The van der Waals surface area contributed by atoms with E-state index < -0.39 is 0 Å². The van der Waals surface area contributed by atoms with Crippen molar-refractivity contribution in [3.63, 3.8) is 0 Å². The van der Waals surface area contributed by atoms with Crippen molar-refractivity contribution in [1.82, 2.24) is 24.8 Å². The standard InChI is InChI=1S/C18H24N6/c1-14-11-19-12-16(21-14)17-5-4-10-24(17)13-15-6-7-20-18(22-15)23-8-2-3-9-23/h6-7,11-12,17H,2-5,8-10,13H2,1H3. The lowest BCUT2D eigenvalue weighted by Crippen LogP contribution is -2.25. The molecule has 1 unspecified atom stereocenters. The third kappa shape index (κ3) is 3.24. The highest BCUT2D eigenvalue weighted by Gasteiger charge is 2.28. The van der Waals surface area contributed by atoms with Gasteiger partial charge in [-0.15, -0.1) is 0 Å². The molecular formula is C18H24N6. The Morgan fingerprint density at radius 1 is 1.08 bits per heavy atom. The average molecular weight is 324 g/mol. The van der Waals surface area contributed by atoms with E-state index in [1.54, 1.807) is 0 Å². The minimum absolute atomic E-state index is 0.350. The zero-order valence-corrected chi connectivity index (χ0v) is 14.2. The zero-order chi connectivity index (χ0) is 16.4. The first-order chi connectivity index (χ1) is 11.8. The number of aryl methyl sites for hydroxylation is 1. The molecule has 2 aromatic rings. The summed E-state index contributed by atoms with van der Waals surface area (Å²) in [5.41, 5.74) is 3.17. The van der Waals surface area contributed by atoms with E-state index in [1.165, 1.54) is 19.3 Å². The number of hydrogen-bond donors (Lipinski definition) is 0. The number of hydrogen-bond acceptors (Lipinski definition) is 6. The smallest absolute Gasteiger partial charge is 0.225 e. The van der Waals surface area contributed by atoms with Crippen molar-refractivity contribution >= 4 is 5.95 Å². The Hall–Kier alpha value is -2.08. The quantitative estimate of drug-likeness (QED) is 0.861. The van der Waals surface area contributed by atoms with Gasteiger partial charge in [0.15, 0.2) is 0 Å². The Kier molecular flexibility index (Phi) is 4.38. The number of likely N-dealkylation sites (tertiary alicyclic amines) is 1. The minimum atomic E-state index is 0.350. The Morgan fingerprint density at radius 2 is 1.96 bits per heavy atom. The molecule has 24 heavy (non-hydrogen) atoms. The maximum atomic E-state index is 4.80. The van der Waals surface area contributed by atoms with Gasteiger partial charge in [-0.2, -0.15) is 0 Å². The van der Waals surface area contributed by atoms with Gasteiger partial charge in [-0.3, -0.25) is 14.9 Å². The van der Waals surface area contributed by atoms with Crippen LogP contribution in [0.25, 0.3) is 0 Å². The molecule has 0 spiro atoms. The molecule has 2 aromatic heterocycles. The van der Waals surface area contributed by atoms with E-state index in [0.29, 0.717) is 6.04 Å². The summed E-state index contributed by atoms with van der Waals surface area (Å²) in [4.78, 5) is 23.0. The summed E-state index contributed by atoms with van der Waals surface area (Å²) in [7, 11) is 0. The summed E-state index contributed by atoms with van der Waals surface area (Å²) in [6.45, 7) is 6.10. The van der Waals surface area contributed by atoms with Gasteiger partial charge in [0, 0.05) is 38.2 Å². The maximum absolute atomic E-state index is 4.80. The molecule has 0 N–H and O–H groups in total. The molecule has 4 heterocycles. The van der Waals surface area contributed by atoms with Crippen molar-refractivity contribution in [1.29, 1.82) is 0 Å². The Balaban J connectivity index is 1.50. The molecule has 2 fully saturated rings. The van der Waals surface area contributed by atoms with E-state index >= 15 is 0 Å². The highest BCUT2D eigenvalue weighted by molar-refractivity contribution is 5.31. The summed E-state index contributed by atoms with van der Waals surface area (Å²) in [5.74, 6) is 0.885. The number of anilines is 1. The molecule has 2 saturated heterocycles. The van der Waals surface area contributed by atoms with Crippen LogP contribution in [0.5, 0.6) is 0 Å². The van der Waals surface area contributed by atoms with E-state index in [-0.39, 0.29) is 0 Å². The normalized spacial score (nSPS) is 21.5. The van der Waals surface area contributed by atoms with Crippen LogP contribution in [-0.4, -0.2) is 44.5 Å². The van der Waals surface area contributed by atoms with Gasteiger partial charge in [-0.25, -0.2) is 9.97 Å². The summed E-state index contributed by atoms with van der Waals surface area (Å²) < 4.78 is 0. The average Bonchev–Trinajstić information content (AvgIpc) is 3.27. The lowest BCUT2D eigenvalue weighted by atomic mass is 10.1. The second kappa shape index (κ2) is 6.81. The van der Waals surface area contributed by atoms with Crippen molar-refractivity contribution in [3.8, 4) is 0 Å². The third-order valence-corrected chi connectivity index (χ3v) is 4.93. The summed E-state index contributed by atoms with van der Waals surface area (Å²) >= 11 is 0. The molecule has 0 bridgehead atoms. The predicted octanol–water partition coefficient (Wildman–Crippen LogP) is 2.51. The van der Waals surface area contributed by atoms with Gasteiger partial charge in [0.1, 0.15) is 0 Å². The molecule has 0 aromatic carbocycles. The molecule has 0 amide bonds. The van der Waals surface area contributed by atoms with Gasteiger partial charge in [0.25, 0.3) is 0 Å². The summed E-state index contributed by atoms with van der Waals surface area (Å²) in [6, 6.07) is 2.39. The monoisotopic (exact) mass is 324 g/mol. The van der Waals surface area contributed by atoms with E-state index in [4.69, 9.17) is 4.98 Å². The summed E-state index contributed by atoms with van der Waals surface area (Å²) in [6.07, 6.45) is 10.4. The molecule has 4 rings (SSSR count). The van der Waals surface area contributed by atoms with Gasteiger partial charge >= 0.3 is 0 Å². The van der Waals surface area contributed by atoms with Crippen molar-refractivity contribution in [2.45, 2.75) is 45.2 Å². The van der Waals surface area contributed by atoms with Gasteiger partial charge < -0.3 is 4.90 Å². The molecule has 126 valence electrons. The van der Waals surface area contributed by atoms with E-state index in [1.807, 2.05) is 31.6 Å². The van der Waals surface area contributed by atoms with Gasteiger partial charge in [0.05, 0.1) is 23.1 Å². The fourth-order valence-electron chi connectivity index (χ4n) is 3.74. The molecule has 2 aliphatic heterocycles. The Morgan fingerprint density at radius 3 is 2.79 bits per heavy atom. The Bertz CT molecular complexity index is 697. The minimum Gasteiger partial charge on any atom is -0.341 e. The predicted molar refractivity (Wildman–Crippen MR) is 92.6 cm³/mol. The van der Waals surface area contributed by atoms with Crippen LogP contribution in [0.15, 0.2) is 24.7 Å². The third-order valence-electron chi connectivity index (χ3n) is 4.93. The second-order valence-electron chi connectivity index (χ2n) is 6.76. The lowest BCUT2D eigenvalue weighted by Gasteiger charge is -2.24. The largest absolute Gasteiger partial charge is 0.341 e. The van der Waals surface area contributed by atoms with Crippen LogP contribution in [-0.2, 0) is 6.54 Å². The van der Waals surface area contributed by atoms with Crippen LogP contribution in [0.2, 0.25) is 0 Å². The van der Waals surface area contributed by atoms with E-state index in [2.05, 4.69) is 24.8 Å². The van der Waals surface area contributed by atoms with Gasteiger partial charge in [0.2, 0.25) is 5.95 Å². The second-order valence-corrected chi connectivity index (χ2v) is 6.76. The zero-order valence-electron chi connectivity index (χ0n) is 14.2. The van der Waals surface area contributed by atoms with E-state index in [0.717, 1.165) is 55.6 Å². The van der Waals surface area contributed by atoms with E-state index in [9.17, 15) is 0 Å². The molecule has 6 heteroatoms. The molecule has 1 atom stereocenters. The Labute approximate surface area is 143 Å². The van der Waals surface area contributed by atoms with Gasteiger partial charge in [-0.1, -0.05) is 0 Å².